The molecule has 4 heteroatoms. The minimum absolute atomic E-state index is 0.569. The van der Waals surface area contributed by atoms with Crippen molar-refractivity contribution in [2.24, 2.45) is 0 Å². The number of rotatable bonds is 1. The molecule has 1 aliphatic heterocycles. The highest BCUT2D eigenvalue weighted by molar-refractivity contribution is 9.10. The molecule has 2 rings (SSSR count). The second-order valence-electron chi connectivity index (χ2n) is 3.06. The predicted octanol–water partition coefficient (Wildman–Crippen LogP) is 1.22. The van der Waals surface area contributed by atoms with Gasteiger partial charge < -0.3 is 14.8 Å². The van der Waals surface area contributed by atoms with Gasteiger partial charge in [-0.3, -0.25) is 0 Å². The van der Waals surface area contributed by atoms with E-state index < -0.39 is 5.60 Å². The van der Waals surface area contributed by atoms with Crippen LogP contribution < -0.4 is 5.32 Å². The second-order valence-corrected chi connectivity index (χ2v) is 3.91. The van der Waals surface area contributed by atoms with Crippen LogP contribution in [0.5, 0.6) is 0 Å². The van der Waals surface area contributed by atoms with Gasteiger partial charge >= 0.3 is 0 Å². The maximum absolute atomic E-state index is 10.0. The minimum atomic E-state index is -0.817. The highest BCUT2D eigenvalue weighted by Gasteiger charge is 2.37. The molecule has 0 saturated carbocycles. The molecule has 12 heavy (non-hydrogen) atoms. The van der Waals surface area contributed by atoms with Gasteiger partial charge in [0.2, 0.25) is 0 Å². The van der Waals surface area contributed by atoms with Gasteiger partial charge in [0.25, 0.3) is 0 Å². The SMILES string of the molecule is OC1(c2occc2Br)CCNC1. The lowest BCUT2D eigenvalue weighted by Gasteiger charge is -2.18. The Morgan fingerprint density at radius 1 is 1.67 bits per heavy atom. The molecule has 1 aromatic heterocycles. The fourth-order valence-corrected chi connectivity index (χ4v) is 2.07. The number of furan rings is 1. The molecular weight excluding hydrogens is 222 g/mol. The first kappa shape index (κ1) is 8.29. The Bertz CT molecular complexity index is 278. The molecule has 1 saturated heterocycles. The van der Waals surface area contributed by atoms with E-state index in [4.69, 9.17) is 4.42 Å². The summed E-state index contributed by atoms with van der Waals surface area (Å²) in [5.74, 6) is 0.632. The van der Waals surface area contributed by atoms with Crippen LogP contribution in [0.25, 0.3) is 0 Å². The van der Waals surface area contributed by atoms with Gasteiger partial charge in [-0.1, -0.05) is 0 Å². The molecule has 0 radical (unpaired) electrons. The van der Waals surface area contributed by atoms with E-state index in [9.17, 15) is 5.11 Å². The van der Waals surface area contributed by atoms with E-state index in [0.29, 0.717) is 18.7 Å². The van der Waals surface area contributed by atoms with E-state index in [2.05, 4.69) is 21.2 Å². The van der Waals surface area contributed by atoms with E-state index >= 15 is 0 Å². The largest absolute Gasteiger partial charge is 0.465 e. The third kappa shape index (κ3) is 1.20. The summed E-state index contributed by atoms with van der Waals surface area (Å²) in [6.45, 7) is 1.41. The van der Waals surface area contributed by atoms with Crippen molar-refractivity contribution >= 4 is 15.9 Å². The summed E-state index contributed by atoms with van der Waals surface area (Å²) in [5, 5.41) is 13.1. The number of aliphatic hydroxyl groups is 1. The van der Waals surface area contributed by atoms with Gasteiger partial charge in [0.1, 0.15) is 5.60 Å². The Hall–Kier alpha value is -0.320. The molecule has 0 aromatic carbocycles. The van der Waals surface area contributed by atoms with E-state index in [0.717, 1.165) is 11.0 Å². The third-order valence-electron chi connectivity index (χ3n) is 2.17. The first-order chi connectivity index (χ1) is 5.72. The zero-order valence-corrected chi connectivity index (χ0v) is 8.10. The highest BCUT2D eigenvalue weighted by Crippen LogP contribution is 2.33. The standard InChI is InChI=1S/C8H10BrNO2/c9-6-1-4-12-7(6)8(11)2-3-10-5-8/h1,4,10-11H,2-3,5H2. The van der Waals surface area contributed by atoms with Crippen LogP contribution in [0, 0.1) is 0 Å². The van der Waals surface area contributed by atoms with Crippen LogP contribution in [0.3, 0.4) is 0 Å². The van der Waals surface area contributed by atoms with Crippen molar-refractivity contribution in [3.05, 3.63) is 22.6 Å². The molecule has 66 valence electrons. The van der Waals surface area contributed by atoms with Gasteiger partial charge in [-0.05, 0) is 35.0 Å². The number of hydrogen-bond acceptors (Lipinski definition) is 3. The molecule has 1 atom stereocenters. The van der Waals surface area contributed by atoms with Crippen molar-refractivity contribution in [3.8, 4) is 0 Å². The fourth-order valence-electron chi connectivity index (χ4n) is 1.50. The van der Waals surface area contributed by atoms with Crippen LogP contribution in [0.1, 0.15) is 12.2 Å². The van der Waals surface area contributed by atoms with Crippen molar-refractivity contribution < 1.29 is 9.52 Å². The Morgan fingerprint density at radius 2 is 2.50 bits per heavy atom. The normalized spacial score (nSPS) is 29.5. The monoisotopic (exact) mass is 231 g/mol. The molecular formula is C8H10BrNO2. The molecule has 0 aliphatic carbocycles. The van der Waals surface area contributed by atoms with Crippen molar-refractivity contribution in [3.63, 3.8) is 0 Å². The van der Waals surface area contributed by atoms with Crippen LogP contribution in [-0.4, -0.2) is 18.2 Å². The number of β-amino-alcohol motifs (C(OH)–C–C–N with tert-alkyl or cyclic N) is 1. The fraction of sp³-hybridized carbons (Fsp3) is 0.500. The zero-order valence-electron chi connectivity index (χ0n) is 6.51. The Labute approximate surface area is 78.9 Å². The van der Waals surface area contributed by atoms with Crippen LogP contribution in [0.4, 0.5) is 0 Å². The topological polar surface area (TPSA) is 45.4 Å². The van der Waals surface area contributed by atoms with Gasteiger partial charge in [-0.25, -0.2) is 0 Å². The summed E-state index contributed by atoms with van der Waals surface area (Å²) in [6.07, 6.45) is 2.29. The minimum Gasteiger partial charge on any atom is -0.465 e. The molecule has 3 nitrogen and oxygen atoms in total. The van der Waals surface area contributed by atoms with Crippen molar-refractivity contribution in [1.29, 1.82) is 0 Å². The lowest BCUT2D eigenvalue weighted by Crippen LogP contribution is -2.28. The first-order valence-corrected chi connectivity index (χ1v) is 4.68. The van der Waals surface area contributed by atoms with Crippen LogP contribution in [-0.2, 0) is 5.60 Å². The Morgan fingerprint density at radius 3 is 3.00 bits per heavy atom. The van der Waals surface area contributed by atoms with Crippen molar-refractivity contribution in [2.45, 2.75) is 12.0 Å². The first-order valence-electron chi connectivity index (χ1n) is 3.89. The molecule has 0 bridgehead atoms. The smallest absolute Gasteiger partial charge is 0.150 e. The van der Waals surface area contributed by atoms with E-state index in [1.807, 2.05) is 0 Å². The lowest BCUT2D eigenvalue weighted by atomic mass is 10.0. The summed E-state index contributed by atoms with van der Waals surface area (Å²) in [7, 11) is 0. The maximum Gasteiger partial charge on any atom is 0.150 e. The van der Waals surface area contributed by atoms with Crippen LogP contribution in [0.15, 0.2) is 21.2 Å². The molecule has 2 N–H and O–H groups in total. The molecule has 0 amide bonds. The van der Waals surface area contributed by atoms with Gasteiger partial charge in [0.05, 0.1) is 10.7 Å². The Kier molecular flexibility index (Phi) is 1.98. The predicted molar refractivity (Wildman–Crippen MR) is 47.8 cm³/mol. The van der Waals surface area contributed by atoms with E-state index in [1.165, 1.54) is 0 Å². The lowest BCUT2D eigenvalue weighted by molar-refractivity contribution is 0.0346. The summed E-state index contributed by atoms with van der Waals surface area (Å²) in [4.78, 5) is 0. The quantitative estimate of drug-likeness (QED) is 0.765. The van der Waals surface area contributed by atoms with Gasteiger partial charge in [-0.15, -0.1) is 0 Å². The van der Waals surface area contributed by atoms with E-state index in [-0.39, 0.29) is 0 Å². The summed E-state index contributed by atoms with van der Waals surface area (Å²) in [5.41, 5.74) is -0.817. The van der Waals surface area contributed by atoms with Crippen LogP contribution in [0.2, 0.25) is 0 Å². The van der Waals surface area contributed by atoms with Crippen LogP contribution >= 0.6 is 15.9 Å². The Balaban J connectivity index is 2.34. The number of hydrogen-bond donors (Lipinski definition) is 2. The molecule has 1 unspecified atom stereocenters. The van der Waals surface area contributed by atoms with Gasteiger partial charge in [-0.2, -0.15) is 0 Å². The summed E-state index contributed by atoms with van der Waals surface area (Å²) >= 11 is 3.33. The molecule has 2 heterocycles. The van der Waals surface area contributed by atoms with Crippen molar-refractivity contribution in [1.82, 2.24) is 5.32 Å². The zero-order chi connectivity index (χ0) is 8.60. The van der Waals surface area contributed by atoms with Crippen molar-refractivity contribution in [2.75, 3.05) is 13.1 Å². The number of halogens is 1. The molecule has 1 aromatic rings. The number of nitrogens with one attached hydrogen (secondary N) is 1. The molecule has 1 aliphatic rings. The van der Waals surface area contributed by atoms with Gasteiger partial charge in [0.15, 0.2) is 5.76 Å². The summed E-state index contributed by atoms with van der Waals surface area (Å²) < 4.78 is 6.06. The maximum atomic E-state index is 10.0. The second kappa shape index (κ2) is 2.87. The highest BCUT2D eigenvalue weighted by atomic mass is 79.9. The average molecular weight is 232 g/mol. The van der Waals surface area contributed by atoms with E-state index in [1.54, 1.807) is 12.3 Å². The summed E-state index contributed by atoms with van der Waals surface area (Å²) in [6, 6.07) is 1.80. The van der Waals surface area contributed by atoms with Gasteiger partial charge in [0, 0.05) is 6.54 Å². The molecule has 0 spiro atoms. The average Bonchev–Trinajstić information content (AvgIpc) is 2.59. The third-order valence-corrected chi connectivity index (χ3v) is 2.80. The molecule has 1 fully saturated rings.